The number of nitrogens with one attached hydrogen (secondary N) is 1. The summed E-state index contributed by atoms with van der Waals surface area (Å²) in [7, 11) is 0. The Morgan fingerprint density at radius 3 is 2.47 bits per heavy atom. The number of hydrogen-bond donors (Lipinski definition) is 1. The predicted molar refractivity (Wildman–Crippen MR) is 116 cm³/mol. The van der Waals surface area contributed by atoms with E-state index < -0.39 is 11.7 Å². The molecule has 0 saturated carbocycles. The number of unbranched alkanes of at least 4 members (excludes halogenated alkanes) is 1. The van der Waals surface area contributed by atoms with E-state index in [1.54, 1.807) is 12.1 Å². The molecule has 4 rings (SSSR count). The number of anilines is 1. The fourth-order valence-corrected chi connectivity index (χ4v) is 5.00. The molecule has 0 unspecified atom stereocenters. The van der Waals surface area contributed by atoms with E-state index in [1.165, 1.54) is 35.6 Å². The molecule has 160 valence electrons. The van der Waals surface area contributed by atoms with Crippen LogP contribution in [0.25, 0.3) is 10.2 Å². The maximum atomic E-state index is 12.6. The van der Waals surface area contributed by atoms with Gasteiger partial charge in [0.15, 0.2) is 0 Å². The number of rotatable bonds is 6. The summed E-state index contributed by atoms with van der Waals surface area (Å²) in [4.78, 5) is 16.7. The zero-order valence-electron chi connectivity index (χ0n) is 16.7. The fourth-order valence-electron chi connectivity index (χ4n) is 4.23. The quantitative estimate of drug-likeness (QED) is 0.466. The molecule has 1 N–H and O–H groups in total. The number of benzene rings is 2. The minimum Gasteiger partial charge on any atom is -0.371 e. The summed E-state index contributed by atoms with van der Waals surface area (Å²) >= 11 is 1.25. The highest BCUT2D eigenvalue weighted by Gasteiger charge is 2.29. The van der Waals surface area contributed by atoms with Gasteiger partial charge in [0.05, 0.1) is 15.8 Å². The van der Waals surface area contributed by atoms with Crippen LogP contribution in [-0.4, -0.2) is 18.1 Å². The topological polar surface area (TPSA) is 36.1 Å². The number of thiazole rings is 1. The van der Waals surface area contributed by atoms with Gasteiger partial charge in [-0.1, -0.05) is 36.3 Å². The van der Waals surface area contributed by atoms with Gasteiger partial charge in [-0.3, -0.25) is 4.79 Å². The second kappa shape index (κ2) is 8.84. The summed E-state index contributed by atoms with van der Waals surface area (Å²) in [5, 5.41) is 0. The molecule has 0 spiro atoms. The Balaban J connectivity index is 1.20. The van der Waals surface area contributed by atoms with E-state index in [2.05, 4.69) is 22.0 Å². The van der Waals surface area contributed by atoms with Gasteiger partial charge in [-0.2, -0.15) is 13.2 Å². The molecule has 0 aliphatic carbocycles. The monoisotopic (exact) mass is 434 g/mol. The molecule has 0 bridgehead atoms. The van der Waals surface area contributed by atoms with Crippen LogP contribution in [0.3, 0.4) is 0 Å². The summed E-state index contributed by atoms with van der Waals surface area (Å²) in [6, 6.07) is 11.7. The van der Waals surface area contributed by atoms with Gasteiger partial charge >= 0.3 is 11.0 Å². The largest absolute Gasteiger partial charge is 0.416 e. The molecule has 1 aliphatic heterocycles. The normalized spacial score (nSPS) is 15.8. The Morgan fingerprint density at radius 1 is 1.03 bits per heavy atom. The summed E-state index contributed by atoms with van der Waals surface area (Å²) < 4.78 is 38.9. The minimum absolute atomic E-state index is 0.0165. The molecule has 2 heterocycles. The number of aryl methyl sites for hydroxylation is 1. The zero-order chi connectivity index (χ0) is 21.1. The Labute approximate surface area is 177 Å². The third-order valence-electron chi connectivity index (χ3n) is 5.99. The van der Waals surface area contributed by atoms with Crippen molar-refractivity contribution in [2.75, 3.05) is 18.0 Å². The van der Waals surface area contributed by atoms with Crippen molar-refractivity contribution < 1.29 is 13.2 Å². The van der Waals surface area contributed by atoms with Gasteiger partial charge < -0.3 is 9.88 Å². The Kier molecular flexibility index (Phi) is 6.18. The SMILES string of the molecule is O=c1[nH]c2ccc(N3CCC(CCCCc4ccc(C(F)(F)F)cc4)CC3)cc2s1. The molecule has 3 aromatic rings. The van der Waals surface area contributed by atoms with E-state index in [4.69, 9.17) is 0 Å². The van der Waals surface area contributed by atoms with Crippen molar-refractivity contribution >= 4 is 27.2 Å². The summed E-state index contributed by atoms with van der Waals surface area (Å²) in [5.41, 5.74) is 2.47. The van der Waals surface area contributed by atoms with Crippen molar-refractivity contribution in [3.63, 3.8) is 0 Å². The van der Waals surface area contributed by atoms with Crippen LogP contribution in [0, 0.1) is 5.92 Å². The number of piperidine rings is 1. The average molecular weight is 435 g/mol. The second-order valence-electron chi connectivity index (χ2n) is 8.07. The van der Waals surface area contributed by atoms with Crippen LogP contribution in [0.5, 0.6) is 0 Å². The lowest BCUT2D eigenvalue weighted by Crippen LogP contribution is -2.33. The van der Waals surface area contributed by atoms with Gasteiger partial charge in [-0.05, 0) is 67.5 Å². The fraction of sp³-hybridized carbons (Fsp3) is 0.435. The first-order valence-corrected chi connectivity index (χ1v) is 11.2. The standard InChI is InChI=1S/C23H25F3N2OS/c24-23(25,26)18-7-5-16(6-8-18)3-1-2-4-17-11-13-28(14-12-17)19-9-10-20-21(15-19)30-22(29)27-20/h5-10,15,17H,1-4,11-14H2,(H,27,29). The summed E-state index contributed by atoms with van der Waals surface area (Å²) in [6.07, 6.45) is 2.16. The van der Waals surface area contributed by atoms with Crippen molar-refractivity contribution in [3.05, 3.63) is 63.3 Å². The van der Waals surface area contributed by atoms with E-state index in [9.17, 15) is 18.0 Å². The molecule has 0 atom stereocenters. The van der Waals surface area contributed by atoms with Crippen LogP contribution in [0.4, 0.5) is 18.9 Å². The van der Waals surface area contributed by atoms with E-state index in [1.807, 2.05) is 6.07 Å². The van der Waals surface area contributed by atoms with Crippen LogP contribution in [0.15, 0.2) is 47.3 Å². The lowest BCUT2D eigenvalue weighted by Gasteiger charge is -2.33. The molecule has 0 amide bonds. The maximum absolute atomic E-state index is 12.6. The number of halogens is 3. The number of hydrogen-bond acceptors (Lipinski definition) is 3. The van der Waals surface area contributed by atoms with Crippen LogP contribution in [-0.2, 0) is 12.6 Å². The van der Waals surface area contributed by atoms with Crippen LogP contribution < -0.4 is 9.77 Å². The maximum Gasteiger partial charge on any atom is 0.416 e. The highest BCUT2D eigenvalue weighted by Crippen LogP contribution is 2.30. The smallest absolute Gasteiger partial charge is 0.371 e. The molecule has 30 heavy (non-hydrogen) atoms. The van der Waals surface area contributed by atoms with Gasteiger partial charge in [0.2, 0.25) is 0 Å². The summed E-state index contributed by atoms with van der Waals surface area (Å²) in [6.45, 7) is 2.04. The van der Waals surface area contributed by atoms with Crippen molar-refractivity contribution in [2.24, 2.45) is 5.92 Å². The van der Waals surface area contributed by atoms with Gasteiger partial charge in [-0.25, -0.2) is 0 Å². The first kappa shape index (κ1) is 21.0. The second-order valence-corrected chi connectivity index (χ2v) is 9.08. The van der Waals surface area contributed by atoms with Gasteiger partial charge in [-0.15, -0.1) is 0 Å². The Morgan fingerprint density at radius 2 is 1.77 bits per heavy atom. The molecular formula is C23H25F3N2OS. The highest BCUT2D eigenvalue weighted by atomic mass is 32.1. The number of alkyl halides is 3. The number of fused-ring (bicyclic) bond motifs is 1. The van der Waals surface area contributed by atoms with E-state index in [0.29, 0.717) is 5.92 Å². The van der Waals surface area contributed by atoms with E-state index in [0.717, 1.165) is 61.0 Å². The van der Waals surface area contributed by atoms with E-state index >= 15 is 0 Å². The Hall–Kier alpha value is -2.28. The first-order chi connectivity index (χ1) is 14.4. The molecule has 3 nitrogen and oxygen atoms in total. The van der Waals surface area contributed by atoms with Gasteiger partial charge in [0, 0.05) is 18.8 Å². The predicted octanol–water partition coefficient (Wildman–Crippen LogP) is 6.24. The van der Waals surface area contributed by atoms with Crippen LogP contribution in [0.2, 0.25) is 0 Å². The number of H-pyrrole nitrogens is 1. The molecule has 0 radical (unpaired) electrons. The van der Waals surface area contributed by atoms with Crippen molar-refractivity contribution in [2.45, 2.75) is 44.7 Å². The lowest BCUT2D eigenvalue weighted by atomic mass is 9.90. The Bertz CT molecular complexity index is 1030. The van der Waals surface area contributed by atoms with Gasteiger partial charge in [0.25, 0.3) is 0 Å². The molecular weight excluding hydrogens is 409 g/mol. The number of aromatic nitrogens is 1. The minimum atomic E-state index is -4.26. The van der Waals surface area contributed by atoms with Crippen molar-refractivity contribution in [3.8, 4) is 0 Å². The average Bonchev–Trinajstić information content (AvgIpc) is 3.10. The molecule has 2 aromatic carbocycles. The lowest BCUT2D eigenvalue weighted by molar-refractivity contribution is -0.137. The first-order valence-electron chi connectivity index (χ1n) is 10.4. The molecule has 1 aromatic heterocycles. The van der Waals surface area contributed by atoms with Crippen LogP contribution in [0.1, 0.15) is 43.2 Å². The van der Waals surface area contributed by atoms with Crippen LogP contribution >= 0.6 is 11.3 Å². The third-order valence-corrected chi connectivity index (χ3v) is 6.84. The third kappa shape index (κ3) is 5.06. The molecule has 7 heteroatoms. The number of nitrogens with zero attached hydrogens (tertiary/aromatic N) is 1. The van der Waals surface area contributed by atoms with Crippen molar-refractivity contribution in [1.82, 2.24) is 4.98 Å². The molecule has 1 saturated heterocycles. The molecule has 1 fully saturated rings. The highest BCUT2D eigenvalue weighted by molar-refractivity contribution is 7.16. The van der Waals surface area contributed by atoms with E-state index in [-0.39, 0.29) is 4.87 Å². The summed E-state index contributed by atoms with van der Waals surface area (Å²) in [5.74, 6) is 0.709. The number of aromatic amines is 1. The van der Waals surface area contributed by atoms with Crippen molar-refractivity contribution in [1.29, 1.82) is 0 Å². The molecule has 1 aliphatic rings. The van der Waals surface area contributed by atoms with Gasteiger partial charge in [0.1, 0.15) is 0 Å². The zero-order valence-corrected chi connectivity index (χ0v) is 17.5.